The smallest absolute Gasteiger partial charge is 0.305 e. The number of nitrogens with two attached hydrogens (primary N) is 2. The Hall–Kier alpha value is -3.46. The topological polar surface area (TPSA) is 185 Å². The monoisotopic (exact) mass is 523 g/mol. The molecule has 14 heteroatoms. The molecule has 34 heavy (non-hydrogen) atoms. The number of benzene rings is 2. The van der Waals surface area contributed by atoms with E-state index in [4.69, 9.17) is 11.5 Å². The normalized spacial score (nSPS) is 12.6. The van der Waals surface area contributed by atoms with E-state index in [1.54, 1.807) is 17.5 Å². The van der Waals surface area contributed by atoms with Crippen molar-refractivity contribution in [1.29, 1.82) is 0 Å². The Labute approximate surface area is 200 Å². The number of nitrogens with one attached hydrogen (secondary N) is 1. The second-order valence-corrected chi connectivity index (χ2v) is 11.5. The lowest BCUT2D eigenvalue weighted by molar-refractivity contribution is -0.137. The summed E-state index contributed by atoms with van der Waals surface area (Å²) < 4.78 is 54.8. The van der Waals surface area contributed by atoms with Gasteiger partial charge >= 0.3 is 5.97 Å². The fraction of sp³-hybridized carbons (Fsp3) is 0.100. The van der Waals surface area contributed by atoms with E-state index < -0.39 is 44.4 Å². The lowest BCUT2D eigenvalue weighted by Crippen LogP contribution is -2.33. The molecule has 0 aliphatic rings. The molecule has 3 aromatic rings. The third-order valence-electron chi connectivity index (χ3n) is 4.40. The minimum absolute atomic E-state index is 0.00725. The second kappa shape index (κ2) is 10.2. The van der Waals surface area contributed by atoms with Crippen LogP contribution in [0.2, 0.25) is 0 Å². The summed E-state index contributed by atoms with van der Waals surface area (Å²) in [5, 5.41) is 14.7. The van der Waals surface area contributed by atoms with Crippen LogP contribution >= 0.6 is 11.3 Å². The fourth-order valence-electron chi connectivity index (χ4n) is 2.97. The molecule has 0 spiro atoms. The maximum Gasteiger partial charge on any atom is 0.305 e. The van der Waals surface area contributed by atoms with Gasteiger partial charge < -0.3 is 16.6 Å². The second-order valence-electron chi connectivity index (χ2n) is 6.88. The third-order valence-corrected chi connectivity index (χ3v) is 8.89. The van der Waals surface area contributed by atoms with Gasteiger partial charge in [-0.15, -0.1) is 16.4 Å². The van der Waals surface area contributed by atoms with Crippen LogP contribution in [0, 0.1) is 0 Å². The van der Waals surface area contributed by atoms with Crippen LogP contribution in [-0.2, 0) is 24.8 Å². The molecule has 0 saturated heterocycles. The Balaban J connectivity index is 2.07. The van der Waals surface area contributed by atoms with E-state index >= 15 is 0 Å². The quantitative estimate of drug-likeness (QED) is 0.175. The lowest BCUT2D eigenvalue weighted by Gasteiger charge is -2.22. The average molecular weight is 524 g/mol. The number of anilines is 1. The van der Waals surface area contributed by atoms with Crippen molar-refractivity contribution in [3.8, 4) is 0 Å². The third kappa shape index (κ3) is 5.91. The maximum absolute atomic E-state index is 13.2. The van der Waals surface area contributed by atoms with E-state index in [9.17, 15) is 26.7 Å². The number of carboxylic acids is 1. The summed E-state index contributed by atoms with van der Waals surface area (Å²) in [5.41, 5.74) is 11.1. The summed E-state index contributed by atoms with van der Waals surface area (Å²) in [6.45, 7) is 0. The zero-order valence-electron chi connectivity index (χ0n) is 17.5. The average Bonchev–Trinajstić information content (AvgIpc) is 3.33. The molecule has 0 aliphatic carbocycles. The van der Waals surface area contributed by atoms with Gasteiger partial charge in [-0.25, -0.2) is 13.1 Å². The Morgan fingerprint density at radius 3 is 2.32 bits per heavy atom. The first-order valence-corrected chi connectivity index (χ1v) is 13.4. The fourth-order valence-corrected chi connectivity index (χ4v) is 6.50. The molecule has 1 aromatic heterocycles. The van der Waals surface area contributed by atoms with Crippen LogP contribution in [0.5, 0.6) is 0 Å². The van der Waals surface area contributed by atoms with Crippen LogP contribution in [0.3, 0.4) is 0 Å². The van der Waals surface area contributed by atoms with Crippen molar-refractivity contribution in [1.82, 2.24) is 4.72 Å². The van der Waals surface area contributed by atoms with Crippen LogP contribution in [0.15, 0.2) is 86.3 Å². The van der Waals surface area contributed by atoms with Gasteiger partial charge in [0, 0.05) is 0 Å². The summed E-state index contributed by atoms with van der Waals surface area (Å²) >= 11 is 0.971. The first-order valence-electron chi connectivity index (χ1n) is 9.58. The van der Waals surface area contributed by atoms with Crippen molar-refractivity contribution >= 4 is 49.0 Å². The lowest BCUT2D eigenvalue weighted by atomic mass is 10.0. The molecule has 11 nitrogen and oxygen atoms in total. The summed E-state index contributed by atoms with van der Waals surface area (Å²) in [6, 6.07) is 14.7. The van der Waals surface area contributed by atoms with E-state index in [1.165, 1.54) is 54.6 Å². The highest BCUT2D eigenvalue weighted by Gasteiger charge is 2.28. The highest BCUT2D eigenvalue weighted by atomic mass is 32.2. The number of nitrogens with zero attached hydrogens (tertiary/aromatic N) is 2. The van der Waals surface area contributed by atoms with Gasteiger partial charge in [-0.3, -0.25) is 4.79 Å². The van der Waals surface area contributed by atoms with E-state index in [1.807, 2.05) is 0 Å². The van der Waals surface area contributed by atoms with Crippen molar-refractivity contribution in [2.75, 3.05) is 4.41 Å². The van der Waals surface area contributed by atoms with Crippen LogP contribution in [0.25, 0.3) is 0 Å². The number of thiophene rings is 1. The van der Waals surface area contributed by atoms with Gasteiger partial charge in [0.25, 0.3) is 20.0 Å². The number of sulfonamides is 2. The van der Waals surface area contributed by atoms with Crippen LogP contribution in [0.4, 0.5) is 5.69 Å². The molecule has 1 heterocycles. The molecule has 0 amide bonds. The van der Waals surface area contributed by atoms with Crippen LogP contribution < -0.4 is 20.6 Å². The minimum atomic E-state index is -4.25. The van der Waals surface area contributed by atoms with Crippen molar-refractivity contribution in [2.24, 2.45) is 16.6 Å². The SMILES string of the molecule is NC(N)=NN(c1cccc(C(CC(=O)O)NS(=O)(=O)c2cccs2)c1)S(=O)(=O)c1ccccc1. The van der Waals surface area contributed by atoms with Gasteiger partial charge in [0.15, 0.2) is 0 Å². The predicted octanol–water partition coefficient (Wildman–Crippen LogP) is 1.63. The number of hydrazone groups is 1. The first-order chi connectivity index (χ1) is 16.0. The van der Waals surface area contributed by atoms with Gasteiger partial charge in [0.2, 0.25) is 5.96 Å². The first kappa shape index (κ1) is 25.2. The van der Waals surface area contributed by atoms with Crippen molar-refractivity contribution < 1.29 is 26.7 Å². The van der Waals surface area contributed by atoms with Gasteiger partial charge in [-0.1, -0.05) is 36.4 Å². The number of rotatable bonds is 10. The highest BCUT2D eigenvalue weighted by molar-refractivity contribution is 7.92. The zero-order valence-corrected chi connectivity index (χ0v) is 19.9. The molecule has 0 saturated carbocycles. The van der Waals surface area contributed by atoms with Crippen molar-refractivity contribution in [3.05, 3.63) is 77.7 Å². The molecule has 0 aliphatic heterocycles. The van der Waals surface area contributed by atoms with Crippen LogP contribution in [-0.4, -0.2) is 33.9 Å². The predicted molar refractivity (Wildman–Crippen MR) is 128 cm³/mol. The van der Waals surface area contributed by atoms with Crippen LogP contribution in [0.1, 0.15) is 18.0 Å². The highest BCUT2D eigenvalue weighted by Crippen LogP contribution is 2.29. The molecule has 0 radical (unpaired) electrons. The number of guanidine groups is 1. The molecule has 180 valence electrons. The number of hydrogen-bond donors (Lipinski definition) is 4. The summed E-state index contributed by atoms with van der Waals surface area (Å²) in [4.78, 5) is 11.4. The van der Waals surface area contributed by atoms with Gasteiger partial charge in [0.1, 0.15) is 4.21 Å². The van der Waals surface area contributed by atoms with E-state index in [0.717, 1.165) is 11.3 Å². The minimum Gasteiger partial charge on any atom is -0.481 e. The van der Waals surface area contributed by atoms with Crippen molar-refractivity contribution in [2.45, 2.75) is 21.6 Å². The molecule has 2 aromatic carbocycles. The molecular weight excluding hydrogens is 502 g/mol. The zero-order chi connectivity index (χ0) is 24.9. The van der Waals surface area contributed by atoms with Gasteiger partial charge in [-0.05, 0) is 41.3 Å². The Morgan fingerprint density at radius 2 is 1.74 bits per heavy atom. The van der Waals surface area contributed by atoms with Gasteiger partial charge in [-0.2, -0.15) is 12.8 Å². The van der Waals surface area contributed by atoms with E-state index in [-0.39, 0.29) is 20.4 Å². The number of hydrogen-bond acceptors (Lipinski definition) is 7. The molecule has 1 unspecified atom stereocenters. The van der Waals surface area contributed by atoms with Crippen molar-refractivity contribution in [3.63, 3.8) is 0 Å². The number of carbonyl (C=O) groups is 1. The van der Waals surface area contributed by atoms with Gasteiger partial charge in [0.05, 0.1) is 23.0 Å². The molecule has 3 rings (SSSR count). The Kier molecular flexibility index (Phi) is 7.56. The Bertz CT molecular complexity index is 1390. The number of carboxylic acid groups (broad SMARTS) is 1. The molecular formula is C20H21N5O6S3. The van der Waals surface area contributed by atoms with E-state index in [0.29, 0.717) is 4.41 Å². The molecule has 0 fully saturated rings. The summed E-state index contributed by atoms with van der Waals surface area (Å²) in [5.74, 6) is -1.80. The molecule has 0 bridgehead atoms. The van der Waals surface area contributed by atoms with E-state index in [2.05, 4.69) is 9.82 Å². The number of aliphatic carboxylic acids is 1. The molecule has 1 atom stereocenters. The largest absolute Gasteiger partial charge is 0.481 e. The molecule has 6 N–H and O–H groups in total. The summed E-state index contributed by atoms with van der Waals surface area (Å²) in [6.07, 6.45) is -0.595. The standard InChI is InChI=1S/C20H21N5O6S3/c21-20(22)23-25(34(30,31)16-8-2-1-3-9-16)15-7-4-6-14(12-15)17(13-18(26)27)24-33(28,29)19-10-5-11-32-19/h1-12,17,24H,13H2,(H,26,27)(H4,21,22,23). The Morgan fingerprint density at radius 1 is 1.03 bits per heavy atom. The maximum atomic E-state index is 13.2. The summed E-state index contributed by atoms with van der Waals surface area (Å²) in [7, 11) is -8.28.